The summed E-state index contributed by atoms with van der Waals surface area (Å²) < 4.78 is 1.88. The molecule has 0 aliphatic carbocycles. The highest BCUT2D eigenvalue weighted by molar-refractivity contribution is 7.14. The molecule has 0 aromatic carbocycles. The van der Waals surface area contributed by atoms with Crippen LogP contribution < -0.4 is 10.9 Å². The molecule has 0 fully saturated rings. The maximum atomic E-state index is 12.8. The largest absolute Gasteiger partial charge is 0.365 e. The van der Waals surface area contributed by atoms with E-state index in [2.05, 4.69) is 30.2 Å². The Morgan fingerprint density at radius 3 is 2.70 bits per heavy atom. The van der Waals surface area contributed by atoms with Crippen molar-refractivity contribution in [3.05, 3.63) is 33.1 Å². The number of rotatable bonds is 4. The van der Waals surface area contributed by atoms with E-state index in [1.165, 1.54) is 11.3 Å². The summed E-state index contributed by atoms with van der Waals surface area (Å²) in [4.78, 5) is 17.3. The van der Waals surface area contributed by atoms with E-state index in [0.717, 1.165) is 28.5 Å². The van der Waals surface area contributed by atoms with Gasteiger partial charge in [0.1, 0.15) is 0 Å². The number of hydrogen-bond donors (Lipinski definition) is 1. The van der Waals surface area contributed by atoms with Gasteiger partial charge in [-0.15, -0.1) is 11.3 Å². The van der Waals surface area contributed by atoms with Crippen LogP contribution in [-0.4, -0.2) is 16.6 Å². The van der Waals surface area contributed by atoms with Gasteiger partial charge in [-0.25, -0.2) is 4.98 Å². The maximum Gasteiger partial charge on any atom is 0.260 e. The fourth-order valence-electron chi connectivity index (χ4n) is 2.45. The molecule has 2 rings (SSSR count). The van der Waals surface area contributed by atoms with Gasteiger partial charge < -0.3 is 9.88 Å². The van der Waals surface area contributed by atoms with Crippen molar-refractivity contribution in [3.8, 4) is 11.3 Å². The van der Waals surface area contributed by atoms with Gasteiger partial charge in [-0.05, 0) is 38.8 Å². The third-order valence-corrected chi connectivity index (χ3v) is 4.50. The van der Waals surface area contributed by atoms with E-state index in [9.17, 15) is 4.79 Å². The zero-order valence-corrected chi connectivity index (χ0v) is 13.5. The second kappa shape index (κ2) is 5.79. The molecule has 0 bridgehead atoms. The van der Waals surface area contributed by atoms with Crippen LogP contribution in [0, 0.1) is 13.8 Å². The fourth-order valence-corrected chi connectivity index (χ4v) is 3.11. The van der Waals surface area contributed by atoms with Crippen molar-refractivity contribution in [2.45, 2.75) is 40.2 Å². The number of hydrogen-bond acceptors (Lipinski definition) is 4. The van der Waals surface area contributed by atoms with E-state index in [4.69, 9.17) is 0 Å². The van der Waals surface area contributed by atoms with Crippen molar-refractivity contribution in [2.75, 3.05) is 12.4 Å². The standard InChI is InChI=1S/C15H21N3OS/c1-6-10(3)18-11(4)7-9(2)13(14(18)19)12-8-20-15(16-5)17-12/h7-8,10H,6H2,1-5H3,(H,16,17). The molecule has 20 heavy (non-hydrogen) atoms. The molecule has 0 saturated carbocycles. The van der Waals surface area contributed by atoms with Crippen molar-refractivity contribution < 1.29 is 0 Å². The van der Waals surface area contributed by atoms with E-state index in [-0.39, 0.29) is 11.6 Å². The Morgan fingerprint density at radius 2 is 2.15 bits per heavy atom. The van der Waals surface area contributed by atoms with Crippen LogP contribution in [-0.2, 0) is 0 Å². The first-order chi connectivity index (χ1) is 9.49. The number of thiazole rings is 1. The van der Waals surface area contributed by atoms with Crippen molar-refractivity contribution in [3.63, 3.8) is 0 Å². The molecule has 0 radical (unpaired) electrons. The smallest absolute Gasteiger partial charge is 0.260 e. The molecular weight excluding hydrogens is 270 g/mol. The van der Waals surface area contributed by atoms with Crippen LogP contribution in [0.1, 0.15) is 37.6 Å². The number of aryl methyl sites for hydroxylation is 2. The van der Waals surface area contributed by atoms with Gasteiger partial charge in [0, 0.05) is 24.2 Å². The lowest BCUT2D eigenvalue weighted by molar-refractivity contribution is 0.503. The van der Waals surface area contributed by atoms with Crippen LogP contribution in [0.5, 0.6) is 0 Å². The molecule has 4 nitrogen and oxygen atoms in total. The van der Waals surface area contributed by atoms with Crippen molar-refractivity contribution in [1.29, 1.82) is 0 Å². The molecule has 0 aliphatic rings. The van der Waals surface area contributed by atoms with E-state index in [0.29, 0.717) is 5.56 Å². The molecule has 2 heterocycles. The normalized spacial score (nSPS) is 12.4. The minimum Gasteiger partial charge on any atom is -0.365 e. The summed E-state index contributed by atoms with van der Waals surface area (Å²) in [7, 11) is 1.84. The number of pyridine rings is 1. The Labute approximate surface area is 123 Å². The van der Waals surface area contributed by atoms with Gasteiger partial charge in [0.25, 0.3) is 5.56 Å². The summed E-state index contributed by atoms with van der Waals surface area (Å²) in [5.41, 5.74) is 3.53. The lowest BCUT2D eigenvalue weighted by atomic mass is 10.1. The molecule has 5 heteroatoms. The number of nitrogens with one attached hydrogen (secondary N) is 1. The quantitative estimate of drug-likeness (QED) is 0.936. The average Bonchev–Trinajstić information content (AvgIpc) is 2.86. The van der Waals surface area contributed by atoms with Crippen molar-refractivity contribution in [2.24, 2.45) is 0 Å². The summed E-state index contributed by atoms with van der Waals surface area (Å²) >= 11 is 1.52. The van der Waals surface area contributed by atoms with Crippen molar-refractivity contribution >= 4 is 16.5 Å². The van der Waals surface area contributed by atoms with Crippen LogP contribution in [0.25, 0.3) is 11.3 Å². The SMILES string of the molecule is CCC(C)n1c(C)cc(C)c(-c2csc(NC)n2)c1=O. The lowest BCUT2D eigenvalue weighted by Crippen LogP contribution is -2.27. The second-order valence-corrected chi connectivity index (χ2v) is 5.92. The first-order valence-corrected chi connectivity index (χ1v) is 7.73. The molecule has 1 unspecified atom stereocenters. The van der Waals surface area contributed by atoms with Gasteiger partial charge in [-0.3, -0.25) is 4.79 Å². The van der Waals surface area contributed by atoms with Gasteiger partial charge in [0.05, 0.1) is 11.3 Å². The summed E-state index contributed by atoms with van der Waals surface area (Å²) in [6.45, 7) is 8.14. The third-order valence-electron chi connectivity index (χ3n) is 3.64. The van der Waals surface area contributed by atoms with Crippen molar-refractivity contribution in [1.82, 2.24) is 9.55 Å². The van der Waals surface area contributed by atoms with Gasteiger partial charge >= 0.3 is 0 Å². The van der Waals surface area contributed by atoms with Crippen LogP contribution in [0.4, 0.5) is 5.13 Å². The second-order valence-electron chi connectivity index (χ2n) is 5.06. The summed E-state index contributed by atoms with van der Waals surface area (Å²) in [6, 6.07) is 2.27. The van der Waals surface area contributed by atoms with Gasteiger partial charge in [-0.1, -0.05) is 6.92 Å². The number of nitrogens with zero attached hydrogens (tertiary/aromatic N) is 2. The minimum atomic E-state index is 0.0600. The average molecular weight is 291 g/mol. The topological polar surface area (TPSA) is 46.9 Å². The summed E-state index contributed by atoms with van der Waals surface area (Å²) in [5.74, 6) is 0. The first kappa shape index (κ1) is 14.8. The summed E-state index contributed by atoms with van der Waals surface area (Å²) in [5, 5.41) is 5.78. The number of aromatic nitrogens is 2. The van der Waals surface area contributed by atoms with Gasteiger partial charge in [0.2, 0.25) is 0 Å². The van der Waals surface area contributed by atoms with Crippen LogP contribution in [0.2, 0.25) is 0 Å². The Balaban J connectivity index is 2.67. The van der Waals surface area contributed by atoms with E-state index < -0.39 is 0 Å². The Kier molecular flexibility index (Phi) is 4.28. The molecule has 2 aromatic rings. The molecule has 0 spiro atoms. The molecule has 0 amide bonds. The Hall–Kier alpha value is -1.62. The Bertz CT molecular complexity index is 672. The monoisotopic (exact) mass is 291 g/mol. The highest BCUT2D eigenvalue weighted by Gasteiger charge is 2.17. The van der Waals surface area contributed by atoms with Crippen LogP contribution in [0.3, 0.4) is 0 Å². The predicted octanol–water partition coefficient (Wildman–Crippen LogP) is 3.60. The zero-order chi connectivity index (χ0) is 14.9. The van der Waals surface area contributed by atoms with E-state index >= 15 is 0 Å². The van der Waals surface area contributed by atoms with Crippen LogP contribution >= 0.6 is 11.3 Å². The highest BCUT2D eigenvalue weighted by atomic mass is 32.1. The van der Waals surface area contributed by atoms with Gasteiger partial charge in [-0.2, -0.15) is 0 Å². The molecule has 0 saturated heterocycles. The lowest BCUT2D eigenvalue weighted by Gasteiger charge is -2.18. The Morgan fingerprint density at radius 1 is 1.45 bits per heavy atom. The molecule has 0 aliphatic heterocycles. The van der Waals surface area contributed by atoms with Crippen LogP contribution in [0.15, 0.2) is 16.2 Å². The van der Waals surface area contributed by atoms with E-state index in [1.807, 2.05) is 30.8 Å². The molecule has 2 aromatic heterocycles. The third kappa shape index (κ3) is 2.50. The van der Waals surface area contributed by atoms with Gasteiger partial charge in [0.15, 0.2) is 5.13 Å². The fraction of sp³-hybridized carbons (Fsp3) is 0.467. The minimum absolute atomic E-state index is 0.0600. The number of anilines is 1. The molecule has 1 N–H and O–H groups in total. The summed E-state index contributed by atoms with van der Waals surface area (Å²) in [6.07, 6.45) is 0.933. The highest BCUT2D eigenvalue weighted by Crippen LogP contribution is 2.26. The predicted molar refractivity (Wildman–Crippen MR) is 85.8 cm³/mol. The molecular formula is C15H21N3OS. The first-order valence-electron chi connectivity index (χ1n) is 6.86. The zero-order valence-electron chi connectivity index (χ0n) is 12.7. The van der Waals surface area contributed by atoms with E-state index in [1.54, 1.807) is 0 Å². The maximum absolute atomic E-state index is 12.8. The molecule has 1 atom stereocenters. The molecule has 108 valence electrons.